The van der Waals surface area contributed by atoms with Gasteiger partial charge in [0.05, 0.1) is 65.1 Å². The second kappa shape index (κ2) is 16.8. The van der Waals surface area contributed by atoms with Crippen molar-refractivity contribution in [2.45, 2.75) is 108 Å². The van der Waals surface area contributed by atoms with Crippen molar-refractivity contribution < 1.29 is 32.3 Å². The molecule has 3 aromatic carbocycles. The molecular weight excluding hydrogens is 939 g/mol. The van der Waals surface area contributed by atoms with Crippen molar-refractivity contribution in [1.82, 2.24) is 48.3 Å². The van der Waals surface area contributed by atoms with Crippen LogP contribution in [0.15, 0.2) is 81.2 Å². The fraction of sp³-hybridized carbons (Fsp3) is 0.444. The van der Waals surface area contributed by atoms with E-state index < -0.39 is 34.3 Å². The highest BCUT2D eigenvalue weighted by Gasteiger charge is 2.60. The molecule has 0 radical (unpaired) electrons. The summed E-state index contributed by atoms with van der Waals surface area (Å²) < 4.78 is 62.7. The van der Waals surface area contributed by atoms with Crippen molar-refractivity contribution in [1.29, 1.82) is 0 Å². The molecule has 8 aromatic rings. The Morgan fingerprint density at radius 1 is 0.932 bits per heavy atom. The predicted molar refractivity (Wildman–Crippen MR) is 266 cm³/mol. The third-order valence-corrected chi connectivity index (χ3v) is 16.4. The lowest BCUT2D eigenvalue weighted by molar-refractivity contribution is -0.0744. The summed E-state index contributed by atoms with van der Waals surface area (Å²) >= 11 is 0. The summed E-state index contributed by atoms with van der Waals surface area (Å²) in [5.74, 6) is -1.06. The maximum atomic E-state index is 16.4. The number of fused-ring (bicyclic) bond motifs is 4. The van der Waals surface area contributed by atoms with E-state index in [9.17, 15) is 4.79 Å². The Labute approximate surface area is 418 Å². The molecule has 4 atom stereocenters. The second-order valence-corrected chi connectivity index (χ2v) is 21.5. The Morgan fingerprint density at radius 3 is 2.37 bits per heavy atom. The van der Waals surface area contributed by atoms with Crippen molar-refractivity contribution in [3.8, 4) is 17.2 Å². The summed E-state index contributed by atoms with van der Waals surface area (Å²) in [4.78, 5) is 48.6. The average molecular weight is 997 g/mol. The highest BCUT2D eigenvalue weighted by atomic mass is 19.1. The van der Waals surface area contributed by atoms with Gasteiger partial charge in [-0.15, -0.1) is 0 Å². The molecule has 73 heavy (non-hydrogen) atoms. The summed E-state index contributed by atoms with van der Waals surface area (Å²) in [6.45, 7) is 13.3. The molecule has 12 rings (SSSR count). The number of H-pyrrole nitrogens is 1. The first kappa shape index (κ1) is 47.1. The molecule has 5 aromatic heterocycles. The van der Waals surface area contributed by atoms with E-state index in [0.29, 0.717) is 90.0 Å². The highest BCUT2D eigenvalue weighted by Crippen LogP contribution is 2.57. The lowest BCUT2D eigenvalue weighted by Crippen LogP contribution is -2.58. The van der Waals surface area contributed by atoms with Gasteiger partial charge in [-0.1, -0.05) is 18.1 Å². The third kappa shape index (κ3) is 7.23. The average Bonchev–Trinajstić information content (AvgIpc) is 3.99. The van der Waals surface area contributed by atoms with Crippen LogP contribution in [0.2, 0.25) is 0 Å². The molecular formula is C54H58F2N10O7. The van der Waals surface area contributed by atoms with Crippen LogP contribution in [0.3, 0.4) is 0 Å². The predicted octanol–water partition coefficient (Wildman–Crippen LogP) is 7.96. The molecule has 1 N–H and O–H groups in total. The zero-order chi connectivity index (χ0) is 51.0. The van der Waals surface area contributed by atoms with E-state index >= 15 is 18.4 Å². The van der Waals surface area contributed by atoms with E-state index in [1.165, 1.54) is 21.5 Å². The smallest absolute Gasteiger partial charge is 0.382 e. The number of rotatable bonds is 11. The summed E-state index contributed by atoms with van der Waals surface area (Å²) in [6.07, 6.45) is 7.62. The lowest BCUT2D eigenvalue weighted by atomic mass is 9.61. The molecule has 1 amide bonds. The van der Waals surface area contributed by atoms with Crippen LogP contribution in [0.25, 0.3) is 39.0 Å². The van der Waals surface area contributed by atoms with Crippen molar-refractivity contribution in [2.75, 3.05) is 33.5 Å². The largest absolute Gasteiger partial charge is 0.438 e. The van der Waals surface area contributed by atoms with Gasteiger partial charge in [0.2, 0.25) is 0 Å². The van der Waals surface area contributed by atoms with Crippen LogP contribution in [0, 0.1) is 31.4 Å². The number of nitrogens with one attached hydrogen (secondary N) is 1. The highest BCUT2D eigenvalue weighted by molar-refractivity contribution is 6.00. The number of methoxy groups -OCH3 is 1. The van der Waals surface area contributed by atoms with Crippen LogP contribution in [0.1, 0.15) is 116 Å². The van der Waals surface area contributed by atoms with E-state index in [1.54, 1.807) is 67.8 Å². The number of benzene rings is 3. The molecule has 380 valence electrons. The first-order valence-corrected chi connectivity index (χ1v) is 25.0. The van der Waals surface area contributed by atoms with Crippen molar-refractivity contribution in [2.24, 2.45) is 13.0 Å². The van der Waals surface area contributed by atoms with E-state index in [2.05, 4.69) is 54.2 Å². The first-order valence-electron chi connectivity index (χ1n) is 25.0. The van der Waals surface area contributed by atoms with Gasteiger partial charge in [-0.3, -0.25) is 28.1 Å². The number of nitrogens with zero attached hydrogens (tertiary/aromatic N) is 9. The zero-order valence-corrected chi connectivity index (χ0v) is 42.2. The van der Waals surface area contributed by atoms with Gasteiger partial charge < -0.3 is 23.7 Å². The molecule has 7 heterocycles. The van der Waals surface area contributed by atoms with Crippen LogP contribution in [0.4, 0.5) is 8.78 Å². The Bertz CT molecular complexity index is 3640. The molecule has 2 saturated carbocycles. The summed E-state index contributed by atoms with van der Waals surface area (Å²) in [6, 6.07) is 14.3. The van der Waals surface area contributed by atoms with Gasteiger partial charge in [0.25, 0.3) is 5.91 Å². The van der Waals surface area contributed by atoms with Gasteiger partial charge in [0, 0.05) is 61.6 Å². The standard InChI is InChI=1S/C54H58F2N10O7/c1-29-19-36(20-30(2)44(29)55)66-47(63-15-14-62(51(63)69)41-12-11-40-38(45(41)56)27-57-61(40)7)43-32(4)64(28-53(46(43)59-66)25-37(26-53)71-18-17-70-8)48(67)42-22-35-21-33(34-13-16-72-52(5,6)24-34)9-10-39(35)65(42)54(23-31(54)3)49-58-50(68)73-60-49/h9-12,14-15,19-22,27,31-32,34,37H,13,16-18,23-26,28H2,1-8H3,(H,58,60,68)/t31-,32-,34-,37?,53?,54-/m0/s1. The van der Waals surface area contributed by atoms with E-state index in [4.69, 9.17) is 23.8 Å². The SMILES string of the molecule is COCCOC1CC2(C1)CN(C(=O)c1cc3cc([C@H]4CCOC(C)(C)C4)ccc3n1[C@@]1(c3noc(=O)[nH]3)C[C@@H]1C)[C@@H](C)c1c2nn(-c2cc(C)c(F)c(C)c2)c1-n1ccn(-c2ccc3c(cnn3C)c2F)c1=O. The fourth-order valence-electron chi connectivity index (χ4n) is 12.5. The van der Waals surface area contributed by atoms with Crippen LogP contribution in [-0.2, 0) is 32.2 Å². The summed E-state index contributed by atoms with van der Waals surface area (Å²) in [7, 11) is 3.34. The quantitative estimate of drug-likeness (QED) is 0.125. The maximum Gasteiger partial charge on any atom is 0.438 e. The number of carbonyl (C=O) groups excluding carboxylic acids is 1. The fourth-order valence-corrected chi connectivity index (χ4v) is 12.5. The molecule has 3 fully saturated rings. The number of ether oxygens (including phenoxy) is 3. The molecule has 2 aliphatic carbocycles. The summed E-state index contributed by atoms with van der Waals surface area (Å²) in [5.41, 5.74) is 2.98. The van der Waals surface area contributed by atoms with E-state index in [-0.39, 0.29) is 52.9 Å². The van der Waals surface area contributed by atoms with Crippen molar-refractivity contribution >= 4 is 27.7 Å². The van der Waals surface area contributed by atoms with Crippen LogP contribution in [-0.4, -0.2) is 99.4 Å². The molecule has 4 aliphatic rings. The number of hydrogen-bond acceptors (Lipinski definition) is 10. The normalized spacial score (nSPS) is 24.4. The van der Waals surface area contributed by atoms with Gasteiger partial charge in [-0.25, -0.2) is 23.1 Å². The minimum Gasteiger partial charge on any atom is -0.382 e. The van der Waals surface area contributed by atoms with Crippen molar-refractivity contribution in [3.63, 3.8) is 0 Å². The number of amides is 1. The Morgan fingerprint density at radius 2 is 1.67 bits per heavy atom. The van der Waals surface area contributed by atoms with Crippen LogP contribution >= 0.6 is 0 Å². The number of aromatic amines is 1. The van der Waals surface area contributed by atoms with Gasteiger partial charge >= 0.3 is 11.4 Å². The number of aromatic nitrogens is 9. The first-order chi connectivity index (χ1) is 34.9. The number of halogens is 2. The maximum absolute atomic E-state index is 16.4. The Kier molecular flexibility index (Phi) is 10.8. The molecule has 1 spiro atoms. The van der Waals surface area contributed by atoms with E-state index in [1.807, 2.05) is 22.5 Å². The topological polar surface area (TPSA) is 174 Å². The number of aryl methyl sites for hydroxylation is 3. The zero-order valence-electron chi connectivity index (χ0n) is 42.2. The Balaban J connectivity index is 1.05. The van der Waals surface area contributed by atoms with Crippen molar-refractivity contribution in [3.05, 3.63) is 139 Å². The summed E-state index contributed by atoms with van der Waals surface area (Å²) in [5, 5.41) is 15.0. The third-order valence-electron chi connectivity index (χ3n) is 16.4. The molecule has 2 aliphatic heterocycles. The number of carbonyl (C=O) groups is 1. The Hall–Kier alpha value is -6.96. The van der Waals surface area contributed by atoms with Gasteiger partial charge in [-0.2, -0.15) is 10.2 Å². The minimum atomic E-state index is -0.904. The van der Waals surface area contributed by atoms with Crippen LogP contribution < -0.4 is 11.4 Å². The molecule has 0 unspecified atom stereocenters. The van der Waals surface area contributed by atoms with Gasteiger partial charge in [-0.05, 0) is 138 Å². The second-order valence-electron chi connectivity index (χ2n) is 21.5. The van der Waals surface area contributed by atoms with Gasteiger partial charge in [0.15, 0.2) is 11.6 Å². The molecule has 17 nitrogen and oxygen atoms in total. The molecule has 19 heteroatoms. The van der Waals surface area contributed by atoms with E-state index in [0.717, 1.165) is 29.3 Å². The monoisotopic (exact) mass is 996 g/mol. The number of imidazole rings is 1. The van der Waals surface area contributed by atoms with Gasteiger partial charge in [0.1, 0.15) is 22.9 Å². The lowest BCUT2D eigenvalue weighted by Gasteiger charge is -2.53. The minimum absolute atomic E-state index is 0.0298. The molecule has 0 bridgehead atoms. The number of hydrogen-bond donors (Lipinski definition) is 1. The molecule has 1 saturated heterocycles. The van der Waals surface area contributed by atoms with Crippen LogP contribution in [0.5, 0.6) is 0 Å².